The Balaban J connectivity index is 0.00000128. The van der Waals surface area contributed by atoms with Gasteiger partial charge in [0.05, 0.1) is 5.52 Å². The first-order valence-electron chi connectivity index (χ1n) is 4.63. The van der Waals surface area contributed by atoms with E-state index in [1.165, 1.54) is 0 Å². The van der Waals surface area contributed by atoms with E-state index in [1.54, 1.807) is 0 Å². The minimum Gasteiger partial charge on any atom is -0.363 e. The third-order valence-corrected chi connectivity index (χ3v) is 2.33. The van der Waals surface area contributed by atoms with Gasteiger partial charge in [-0.05, 0) is 25.5 Å². The van der Waals surface area contributed by atoms with Crippen molar-refractivity contribution >= 4 is 41.6 Å². The van der Waals surface area contributed by atoms with E-state index < -0.39 is 5.91 Å². The van der Waals surface area contributed by atoms with Crippen molar-refractivity contribution in [3.05, 3.63) is 35.3 Å². The van der Waals surface area contributed by atoms with Crippen LogP contribution in [0.15, 0.2) is 18.2 Å². The van der Waals surface area contributed by atoms with Crippen molar-refractivity contribution in [3.8, 4) is 0 Å². The van der Waals surface area contributed by atoms with E-state index >= 15 is 0 Å². The molecule has 1 heterocycles. The summed E-state index contributed by atoms with van der Waals surface area (Å²) in [5.74, 6) is -0.521. The van der Waals surface area contributed by atoms with Crippen LogP contribution < -0.4 is 5.73 Å². The lowest BCUT2D eigenvalue weighted by molar-refractivity contribution is 0.0990. The number of rotatable bonds is 1. The third kappa shape index (κ3) is 2.84. The number of hydrogen-bond donors (Lipinski definition) is 1. The van der Waals surface area contributed by atoms with E-state index in [0.29, 0.717) is 0 Å². The van der Waals surface area contributed by atoms with Crippen molar-refractivity contribution in [2.24, 2.45) is 5.73 Å². The molecule has 6 heteroatoms. The van der Waals surface area contributed by atoms with Gasteiger partial charge in [-0.2, -0.15) is 0 Å². The van der Waals surface area contributed by atoms with Crippen LogP contribution in [0, 0.1) is 13.8 Å². The molecule has 1 aromatic heterocycles. The van der Waals surface area contributed by atoms with Gasteiger partial charge in [0.15, 0.2) is 0 Å². The fourth-order valence-corrected chi connectivity index (χ4v) is 1.68. The number of hydrogen-bond acceptors (Lipinski definition) is 3. The Kier molecular flexibility index (Phi) is 5.32. The molecule has 0 saturated heterocycles. The van der Waals surface area contributed by atoms with Crippen LogP contribution in [0.3, 0.4) is 0 Å². The van der Waals surface area contributed by atoms with E-state index in [0.717, 1.165) is 22.2 Å². The van der Waals surface area contributed by atoms with Crippen LogP contribution in [0.25, 0.3) is 10.9 Å². The molecular formula is C11H13Cl2N3O. The number of fused-ring (bicyclic) bond motifs is 1. The quantitative estimate of drug-likeness (QED) is 0.866. The van der Waals surface area contributed by atoms with Gasteiger partial charge in [0.1, 0.15) is 0 Å². The molecule has 0 atom stereocenters. The monoisotopic (exact) mass is 273 g/mol. The Morgan fingerprint density at radius 3 is 2.41 bits per heavy atom. The van der Waals surface area contributed by atoms with E-state index in [1.807, 2.05) is 32.0 Å². The summed E-state index contributed by atoms with van der Waals surface area (Å²) in [7, 11) is 0. The third-order valence-electron chi connectivity index (χ3n) is 2.33. The summed E-state index contributed by atoms with van der Waals surface area (Å²) >= 11 is 0. The highest BCUT2D eigenvalue weighted by atomic mass is 35.5. The van der Waals surface area contributed by atoms with Crippen molar-refractivity contribution in [1.82, 2.24) is 9.97 Å². The number of aryl methyl sites for hydroxylation is 2. The zero-order valence-electron chi connectivity index (χ0n) is 9.43. The molecule has 0 radical (unpaired) electrons. The number of carbonyl (C=O) groups is 1. The molecule has 92 valence electrons. The Labute approximate surface area is 111 Å². The molecule has 0 unspecified atom stereocenters. The number of nitrogens with zero attached hydrogens (tertiary/aromatic N) is 2. The van der Waals surface area contributed by atoms with E-state index in [4.69, 9.17) is 5.73 Å². The first kappa shape index (κ1) is 15.6. The number of halogens is 2. The fourth-order valence-electron chi connectivity index (χ4n) is 1.68. The summed E-state index contributed by atoms with van der Waals surface area (Å²) in [4.78, 5) is 19.2. The van der Waals surface area contributed by atoms with Gasteiger partial charge >= 0.3 is 0 Å². The maximum absolute atomic E-state index is 11.0. The largest absolute Gasteiger partial charge is 0.363 e. The molecule has 2 N–H and O–H groups in total. The molecule has 0 spiro atoms. The van der Waals surface area contributed by atoms with Gasteiger partial charge in [-0.15, -0.1) is 24.8 Å². The summed E-state index contributed by atoms with van der Waals surface area (Å²) in [6, 6.07) is 5.74. The first-order chi connectivity index (χ1) is 7.09. The summed E-state index contributed by atoms with van der Waals surface area (Å²) in [5.41, 5.74) is 7.79. The van der Waals surface area contributed by atoms with Gasteiger partial charge in [-0.1, -0.05) is 12.1 Å². The molecule has 2 rings (SSSR count). The normalized spacial score (nSPS) is 9.29. The molecule has 0 aliphatic heterocycles. The highest BCUT2D eigenvalue weighted by Crippen LogP contribution is 2.18. The van der Waals surface area contributed by atoms with Crippen LogP contribution in [0.4, 0.5) is 0 Å². The SMILES string of the molecule is Cc1cccc2nc(C(N)=O)nc(C)c12.Cl.Cl. The predicted molar refractivity (Wildman–Crippen MR) is 72.0 cm³/mol. The number of primary amides is 1. The zero-order chi connectivity index (χ0) is 11.0. The van der Waals surface area contributed by atoms with Crippen molar-refractivity contribution in [2.45, 2.75) is 13.8 Å². The summed E-state index contributed by atoms with van der Waals surface area (Å²) < 4.78 is 0. The molecule has 1 aromatic carbocycles. The summed E-state index contributed by atoms with van der Waals surface area (Å²) in [5, 5.41) is 0.988. The molecule has 0 aliphatic rings. The Morgan fingerprint density at radius 2 is 1.82 bits per heavy atom. The maximum atomic E-state index is 11.0. The van der Waals surface area contributed by atoms with Crippen LogP contribution in [0.1, 0.15) is 21.9 Å². The number of aromatic nitrogens is 2. The van der Waals surface area contributed by atoms with Crippen LogP contribution >= 0.6 is 24.8 Å². The molecule has 0 saturated carbocycles. The highest BCUT2D eigenvalue weighted by molar-refractivity contribution is 5.92. The molecule has 0 fully saturated rings. The minimum absolute atomic E-state index is 0. The lowest BCUT2D eigenvalue weighted by Crippen LogP contribution is -2.16. The highest BCUT2D eigenvalue weighted by Gasteiger charge is 2.09. The molecule has 2 aromatic rings. The topological polar surface area (TPSA) is 68.9 Å². The van der Waals surface area contributed by atoms with Crippen molar-refractivity contribution in [2.75, 3.05) is 0 Å². The second-order valence-electron chi connectivity index (χ2n) is 3.47. The smallest absolute Gasteiger partial charge is 0.286 e. The van der Waals surface area contributed by atoms with E-state index in [2.05, 4.69) is 9.97 Å². The van der Waals surface area contributed by atoms with Gasteiger partial charge in [-0.3, -0.25) is 4.79 Å². The Morgan fingerprint density at radius 1 is 1.18 bits per heavy atom. The second kappa shape index (κ2) is 5.80. The molecule has 1 amide bonds. The maximum Gasteiger partial charge on any atom is 0.286 e. The average molecular weight is 274 g/mol. The minimum atomic E-state index is -0.596. The Bertz CT molecular complexity index is 558. The van der Waals surface area contributed by atoms with Crippen LogP contribution in [-0.2, 0) is 0 Å². The first-order valence-corrected chi connectivity index (χ1v) is 4.63. The lowest BCUT2D eigenvalue weighted by atomic mass is 10.1. The standard InChI is InChI=1S/C11H11N3O.2ClH/c1-6-4-3-5-8-9(6)7(2)13-11(14-8)10(12)15;;/h3-5H,1-2H3,(H2,12,15);2*1H. The summed E-state index contributed by atoms with van der Waals surface area (Å²) in [6.07, 6.45) is 0. The van der Waals surface area contributed by atoms with Crippen LogP contribution in [0.2, 0.25) is 0 Å². The number of carbonyl (C=O) groups excluding carboxylic acids is 1. The predicted octanol–water partition coefficient (Wildman–Crippen LogP) is 2.19. The number of benzene rings is 1. The van der Waals surface area contributed by atoms with Gasteiger partial charge in [0, 0.05) is 11.1 Å². The van der Waals surface area contributed by atoms with E-state index in [-0.39, 0.29) is 30.6 Å². The van der Waals surface area contributed by atoms with Gasteiger partial charge in [0.25, 0.3) is 5.91 Å². The number of amides is 1. The molecule has 17 heavy (non-hydrogen) atoms. The molecule has 4 nitrogen and oxygen atoms in total. The second-order valence-corrected chi connectivity index (χ2v) is 3.47. The fraction of sp³-hybridized carbons (Fsp3) is 0.182. The van der Waals surface area contributed by atoms with E-state index in [9.17, 15) is 4.79 Å². The summed E-state index contributed by atoms with van der Waals surface area (Å²) in [6.45, 7) is 3.84. The lowest BCUT2D eigenvalue weighted by Gasteiger charge is -2.05. The zero-order valence-corrected chi connectivity index (χ0v) is 11.1. The number of nitrogens with two attached hydrogens (primary N) is 1. The van der Waals surface area contributed by atoms with Crippen molar-refractivity contribution < 1.29 is 4.79 Å². The molecule has 0 bridgehead atoms. The van der Waals surface area contributed by atoms with Crippen LogP contribution in [0.5, 0.6) is 0 Å². The van der Waals surface area contributed by atoms with Gasteiger partial charge in [0.2, 0.25) is 5.82 Å². The molecular weight excluding hydrogens is 261 g/mol. The van der Waals surface area contributed by atoms with Crippen molar-refractivity contribution in [3.63, 3.8) is 0 Å². The van der Waals surface area contributed by atoms with Gasteiger partial charge in [-0.25, -0.2) is 9.97 Å². The average Bonchev–Trinajstić information content (AvgIpc) is 2.17. The Hall–Kier alpha value is -1.39. The molecule has 0 aliphatic carbocycles. The van der Waals surface area contributed by atoms with Gasteiger partial charge < -0.3 is 5.73 Å². The van der Waals surface area contributed by atoms with Crippen molar-refractivity contribution in [1.29, 1.82) is 0 Å². The van der Waals surface area contributed by atoms with Crippen LogP contribution in [-0.4, -0.2) is 15.9 Å².